The molecule has 6 nitrogen and oxygen atoms in total. The number of halogens is 1. The SMILES string of the molecule is CCOc1ccc(Br)cc1C(=O)Nc1ccc([O-])cc1C(=O)O. The molecule has 2 aromatic carbocycles. The van der Waals surface area contributed by atoms with E-state index in [0.29, 0.717) is 16.8 Å². The van der Waals surface area contributed by atoms with Crippen molar-refractivity contribution in [2.24, 2.45) is 0 Å². The summed E-state index contributed by atoms with van der Waals surface area (Å²) in [5, 5.41) is 22.9. The van der Waals surface area contributed by atoms with Gasteiger partial charge in [0.15, 0.2) is 0 Å². The first-order valence-corrected chi connectivity index (χ1v) is 7.49. The number of hydrogen-bond donors (Lipinski definition) is 2. The lowest BCUT2D eigenvalue weighted by Gasteiger charge is -2.14. The van der Waals surface area contributed by atoms with Gasteiger partial charge in [0.25, 0.3) is 5.91 Å². The molecular weight excluding hydrogens is 366 g/mol. The molecule has 1 amide bonds. The molecular formula is C16H13BrNO5-. The number of anilines is 1. The van der Waals surface area contributed by atoms with Gasteiger partial charge in [0, 0.05) is 4.47 Å². The van der Waals surface area contributed by atoms with E-state index in [0.717, 1.165) is 6.07 Å². The minimum Gasteiger partial charge on any atom is -0.872 e. The molecule has 0 aliphatic rings. The highest BCUT2D eigenvalue weighted by Crippen LogP contribution is 2.26. The van der Waals surface area contributed by atoms with E-state index in [4.69, 9.17) is 9.84 Å². The van der Waals surface area contributed by atoms with Gasteiger partial charge in [0.05, 0.1) is 23.4 Å². The Morgan fingerprint density at radius 1 is 1.22 bits per heavy atom. The Balaban J connectivity index is 2.37. The smallest absolute Gasteiger partial charge is 0.337 e. The Bertz CT molecular complexity index is 760. The molecule has 23 heavy (non-hydrogen) atoms. The van der Waals surface area contributed by atoms with E-state index < -0.39 is 17.6 Å². The van der Waals surface area contributed by atoms with Crippen LogP contribution in [-0.4, -0.2) is 23.6 Å². The maximum Gasteiger partial charge on any atom is 0.337 e. The van der Waals surface area contributed by atoms with Crippen molar-refractivity contribution >= 4 is 33.5 Å². The fourth-order valence-electron chi connectivity index (χ4n) is 1.96. The van der Waals surface area contributed by atoms with E-state index in [2.05, 4.69) is 21.2 Å². The number of rotatable bonds is 5. The van der Waals surface area contributed by atoms with Crippen molar-refractivity contribution < 1.29 is 24.5 Å². The highest BCUT2D eigenvalue weighted by molar-refractivity contribution is 9.10. The topological polar surface area (TPSA) is 98.7 Å². The standard InChI is InChI=1S/C16H14BrNO5/c1-2-23-14-6-3-9(17)7-12(14)15(20)18-13-5-4-10(19)8-11(13)16(21)22/h3-8,19H,2H2,1H3,(H,18,20)(H,21,22)/p-1. The van der Waals surface area contributed by atoms with Crippen molar-refractivity contribution in [2.75, 3.05) is 11.9 Å². The summed E-state index contributed by atoms with van der Waals surface area (Å²) in [4.78, 5) is 23.6. The van der Waals surface area contributed by atoms with Gasteiger partial charge in [-0.3, -0.25) is 4.79 Å². The minimum absolute atomic E-state index is 0.0459. The molecule has 0 fully saturated rings. The second-order valence-electron chi connectivity index (χ2n) is 4.54. The summed E-state index contributed by atoms with van der Waals surface area (Å²) in [5.41, 5.74) is 0.0343. The Morgan fingerprint density at radius 2 is 1.96 bits per heavy atom. The van der Waals surface area contributed by atoms with Crippen molar-refractivity contribution in [1.82, 2.24) is 0 Å². The van der Waals surface area contributed by atoms with Gasteiger partial charge in [0.1, 0.15) is 5.75 Å². The molecule has 2 aromatic rings. The monoisotopic (exact) mass is 378 g/mol. The predicted octanol–water partition coefficient (Wildman–Crippen LogP) is 2.87. The molecule has 0 spiro atoms. The first-order chi connectivity index (χ1) is 10.9. The quantitative estimate of drug-likeness (QED) is 0.833. The molecule has 2 N–H and O–H groups in total. The highest BCUT2D eigenvalue weighted by atomic mass is 79.9. The summed E-state index contributed by atoms with van der Waals surface area (Å²) in [5.74, 6) is -1.89. The van der Waals surface area contributed by atoms with Crippen molar-refractivity contribution in [3.8, 4) is 11.5 Å². The van der Waals surface area contributed by atoms with Gasteiger partial charge in [-0.15, -0.1) is 5.75 Å². The van der Waals surface area contributed by atoms with Gasteiger partial charge in [-0.2, -0.15) is 0 Å². The van der Waals surface area contributed by atoms with Crippen molar-refractivity contribution in [2.45, 2.75) is 6.92 Å². The van der Waals surface area contributed by atoms with Crippen LogP contribution >= 0.6 is 15.9 Å². The number of amides is 1. The van der Waals surface area contributed by atoms with Gasteiger partial charge in [-0.25, -0.2) is 4.79 Å². The zero-order valence-corrected chi connectivity index (χ0v) is 13.7. The van der Waals surface area contributed by atoms with Gasteiger partial charge in [-0.1, -0.05) is 28.1 Å². The summed E-state index contributed by atoms with van der Waals surface area (Å²) in [6.45, 7) is 2.17. The number of hydrogen-bond acceptors (Lipinski definition) is 4. The Kier molecular flexibility index (Phi) is 5.23. The van der Waals surface area contributed by atoms with Crippen LogP contribution in [0.25, 0.3) is 0 Å². The molecule has 2 rings (SSSR count). The zero-order valence-electron chi connectivity index (χ0n) is 12.1. The van der Waals surface area contributed by atoms with Crippen LogP contribution in [0.5, 0.6) is 11.5 Å². The maximum atomic E-state index is 12.4. The van der Waals surface area contributed by atoms with E-state index in [1.807, 2.05) is 0 Å². The molecule has 0 unspecified atom stereocenters. The molecule has 0 heterocycles. The molecule has 0 bridgehead atoms. The fraction of sp³-hybridized carbons (Fsp3) is 0.125. The predicted molar refractivity (Wildman–Crippen MR) is 86.1 cm³/mol. The zero-order chi connectivity index (χ0) is 17.0. The van der Waals surface area contributed by atoms with E-state index >= 15 is 0 Å². The summed E-state index contributed by atoms with van der Waals surface area (Å²) < 4.78 is 6.08. The molecule has 120 valence electrons. The van der Waals surface area contributed by atoms with Crippen LogP contribution in [0, 0.1) is 0 Å². The molecule has 7 heteroatoms. The molecule has 0 aromatic heterocycles. The number of carboxylic acids is 1. The summed E-state index contributed by atoms with van der Waals surface area (Å²) >= 11 is 3.28. The van der Waals surface area contributed by atoms with Gasteiger partial charge < -0.3 is 20.3 Å². The number of carbonyl (C=O) groups excluding carboxylic acids is 1. The van der Waals surface area contributed by atoms with Gasteiger partial charge in [-0.05, 0) is 31.2 Å². The third-order valence-corrected chi connectivity index (χ3v) is 3.45. The van der Waals surface area contributed by atoms with E-state index in [9.17, 15) is 14.7 Å². The molecule has 0 saturated heterocycles. The fourth-order valence-corrected chi connectivity index (χ4v) is 2.32. The van der Waals surface area contributed by atoms with Gasteiger partial charge >= 0.3 is 5.97 Å². The summed E-state index contributed by atoms with van der Waals surface area (Å²) in [6, 6.07) is 8.36. The third kappa shape index (κ3) is 4.01. The van der Waals surface area contributed by atoms with Crippen LogP contribution < -0.4 is 15.2 Å². The Morgan fingerprint density at radius 3 is 2.61 bits per heavy atom. The normalized spacial score (nSPS) is 10.2. The van der Waals surface area contributed by atoms with E-state index in [-0.39, 0.29) is 16.8 Å². The second kappa shape index (κ2) is 7.15. The summed E-state index contributed by atoms with van der Waals surface area (Å²) in [6.07, 6.45) is 0. The number of aromatic carboxylic acids is 1. The summed E-state index contributed by atoms with van der Waals surface area (Å²) in [7, 11) is 0. The molecule has 0 aliphatic carbocycles. The van der Waals surface area contributed by atoms with Crippen LogP contribution in [0.3, 0.4) is 0 Å². The number of ether oxygens (including phenoxy) is 1. The van der Waals surface area contributed by atoms with Crippen molar-refractivity contribution in [3.05, 3.63) is 52.0 Å². The largest absolute Gasteiger partial charge is 0.872 e. The van der Waals surface area contributed by atoms with Crippen LogP contribution in [0.1, 0.15) is 27.6 Å². The molecule has 0 radical (unpaired) electrons. The minimum atomic E-state index is -1.29. The number of nitrogens with one attached hydrogen (secondary N) is 1. The molecule has 0 atom stereocenters. The number of benzene rings is 2. The second-order valence-corrected chi connectivity index (χ2v) is 5.46. The van der Waals surface area contributed by atoms with Crippen molar-refractivity contribution in [1.29, 1.82) is 0 Å². The lowest BCUT2D eigenvalue weighted by atomic mass is 10.1. The highest BCUT2D eigenvalue weighted by Gasteiger charge is 2.17. The van der Waals surface area contributed by atoms with E-state index in [1.54, 1.807) is 25.1 Å². The van der Waals surface area contributed by atoms with Crippen LogP contribution in [-0.2, 0) is 0 Å². The van der Waals surface area contributed by atoms with Crippen LogP contribution in [0.4, 0.5) is 5.69 Å². The first-order valence-electron chi connectivity index (χ1n) is 6.70. The average molecular weight is 379 g/mol. The third-order valence-electron chi connectivity index (χ3n) is 2.96. The Hall–Kier alpha value is -2.54. The van der Waals surface area contributed by atoms with Gasteiger partial charge in [0.2, 0.25) is 0 Å². The lowest BCUT2D eigenvalue weighted by Crippen LogP contribution is -2.16. The molecule has 0 saturated carbocycles. The van der Waals surface area contributed by atoms with Crippen LogP contribution in [0.2, 0.25) is 0 Å². The van der Waals surface area contributed by atoms with Crippen LogP contribution in [0.15, 0.2) is 40.9 Å². The van der Waals surface area contributed by atoms with Crippen molar-refractivity contribution in [3.63, 3.8) is 0 Å². The average Bonchev–Trinajstić information content (AvgIpc) is 2.50. The number of carboxylic acid groups (broad SMARTS) is 1. The van der Waals surface area contributed by atoms with E-state index in [1.165, 1.54) is 12.1 Å². The number of carbonyl (C=O) groups is 2. The molecule has 0 aliphatic heterocycles. The Labute approximate surface area is 140 Å². The first kappa shape index (κ1) is 16.8. The lowest BCUT2D eigenvalue weighted by molar-refractivity contribution is -0.268. The maximum absolute atomic E-state index is 12.4.